The van der Waals surface area contributed by atoms with E-state index in [1.165, 1.54) is 66.8 Å². The minimum atomic E-state index is -0.115. The second-order valence-corrected chi connectivity index (χ2v) is 15.8. The molecule has 9 rings (SSSR count). The standard InChI is InChI=1S/C60H51N/c1-5-22-51(46-27-16-11-17-28-46)57(6-2)61(48-37-33-44(34-38-48)43-23-12-9-13-24-43)49-39-35-47(36-40-49)52-41-42-54(53-30-19-18-29-50(53)45-25-14-10-15-26-45)59-58(52)55-31-20-21-32-56(55)60(59,7-3)8-4/h5-6,9-42H,1,7-8H2,2-4H3/b51-22-,57-6+. The molecule has 0 bridgehead atoms. The van der Waals surface area contributed by atoms with Crippen molar-refractivity contribution >= 4 is 16.9 Å². The van der Waals surface area contributed by atoms with Crippen LogP contribution in [0.2, 0.25) is 0 Å². The highest BCUT2D eigenvalue weighted by atomic mass is 15.1. The second kappa shape index (κ2) is 17.2. The van der Waals surface area contributed by atoms with Crippen LogP contribution in [0.3, 0.4) is 0 Å². The van der Waals surface area contributed by atoms with Gasteiger partial charge in [-0.25, -0.2) is 0 Å². The van der Waals surface area contributed by atoms with Crippen LogP contribution in [0.15, 0.2) is 231 Å². The highest BCUT2D eigenvalue weighted by Crippen LogP contribution is 2.59. The zero-order valence-electron chi connectivity index (χ0n) is 35.4. The summed E-state index contributed by atoms with van der Waals surface area (Å²) in [5, 5.41) is 0. The summed E-state index contributed by atoms with van der Waals surface area (Å²) >= 11 is 0. The average Bonchev–Trinajstić information content (AvgIpc) is 3.64. The van der Waals surface area contributed by atoms with E-state index in [4.69, 9.17) is 0 Å². The van der Waals surface area contributed by atoms with Gasteiger partial charge in [0.2, 0.25) is 0 Å². The number of benzene rings is 8. The zero-order valence-corrected chi connectivity index (χ0v) is 35.4. The van der Waals surface area contributed by atoms with Gasteiger partial charge in [0, 0.05) is 28.1 Å². The van der Waals surface area contributed by atoms with Gasteiger partial charge in [-0.3, -0.25) is 0 Å². The fraction of sp³-hybridized carbons (Fsp3) is 0.100. The molecule has 296 valence electrons. The Morgan fingerprint density at radius 3 is 1.54 bits per heavy atom. The largest absolute Gasteiger partial charge is 0.310 e. The van der Waals surface area contributed by atoms with Gasteiger partial charge in [0.1, 0.15) is 0 Å². The molecule has 61 heavy (non-hydrogen) atoms. The van der Waals surface area contributed by atoms with E-state index in [9.17, 15) is 0 Å². The molecule has 0 N–H and O–H groups in total. The molecule has 0 heterocycles. The first-order valence-electron chi connectivity index (χ1n) is 21.6. The summed E-state index contributed by atoms with van der Waals surface area (Å²) in [5.41, 5.74) is 20.9. The third-order valence-electron chi connectivity index (χ3n) is 12.7. The fourth-order valence-electron chi connectivity index (χ4n) is 9.79. The Hall–Kier alpha value is -7.22. The minimum Gasteiger partial charge on any atom is -0.310 e. The van der Waals surface area contributed by atoms with Crippen LogP contribution in [0.4, 0.5) is 11.4 Å². The maximum absolute atomic E-state index is 4.13. The van der Waals surface area contributed by atoms with E-state index in [2.05, 4.69) is 245 Å². The van der Waals surface area contributed by atoms with Gasteiger partial charge in [0.15, 0.2) is 0 Å². The number of anilines is 2. The zero-order chi connectivity index (χ0) is 41.8. The number of hydrogen-bond acceptors (Lipinski definition) is 1. The lowest BCUT2D eigenvalue weighted by molar-refractivity contribution is 0.491. The summed E-state index contributed by atoms with van der Waals surface area (Å²) in [6.45, 7) is 11.0. The molecule has 0 aromatic heterocycles. The number of fused-ring (bicyclic) bond motifs is 3. The van der Waals surface area contributed by atoms with Crippen molar-refractivity contribution in [1.29, 1.82) is 0 Å². The second-order valence-electron chi connectivity index (χ2n) is 15.8. The molecule has 8 aromatic rings. The van der Waals surface area contributed by atoms with Crippen molar-refractivity contribution in [2.75, 3.05) is 4.90 Å². The first-order chi connectivity index (χ1) is 30.1. The van der Waals surface area contributed by atoms with E-state index in [0.29, 0.717) is 0 Å². The van der Waals surface area contributed by atoms with E-state index >= 15 is 0 Å². The molecule has 8 aromatic carbocycles. The SMILES string of the molecule is C=C/C=C(\C(=C/C)N(c1ccc(-c2ccccc2)cc1)c1ccc(-c2ccc(-c3ccccc3-c3ccccc3)c3c2-c2ccccc2C3(CC)CC)cc1)c1ccccc1. The van der Waals surface area contributed by atoms with Gasteiger partial charge in [-0.2, -0.15) is 0 Å². The van der Waals surface area contributed by atoms with E-state index in [0.717, 1.165) is 41.1 Å². The van der Waals surface area contributed by atoms with Crippen LogP contribution in [0.25, 0.3) is 61.2 Å². The molecule has 0 unspecified atom stereocenters. The Labute approximate surface area is 362 Å². The van der Waals surface area contributed by atoms with Gasteiger partial charge in [-0.05, 0) is 116 Å². The van der Waals surface area contributed by atoms with Crippen molar-refractivity contribution in [3.05, 3.63) is 247 Å². The normalized spacial score (nSPS) is 13.0. The number of allylic oxidation sites excluding steroid dienone is 4. The molecule has 1 aliphatic rings. The summed E-state index contributed by atoms with van der Waals surface area (Å²) in [5.74, 6) is 0. The third kappa shape index (κ3) is 7.07. The molecular formula is C60H51N. The molecule has 0 saturated carbocycles. The van der Waals surface area contributed by atoms with Crippen LogP contribution in [-0.4, -0.2) is 0 Å². The number of nitrogens with zero attached hydrogens (tertiary/aromatic N) is 1. The van der Waals surface area contributed by atoms with E-state index in [1.807, 2.05) is 6.08 Å². The summed E-state index contributed by atoms with van der Waals surface area (Å²) in [6, 6.07) is 73.1. The van der Waals surface area contributed by atoms with Crippen LogP contribution in [0.1, 0.15) is 50.3 Å². The van der Waals surface area contributed by atoms with Crippen molar-refractivity contribution < 1.29 is 0 Å². The Morgan fingerprint density at radius 2 is 0.951 bits per heavy atom. The molecule has 0 saturated heterocycles. The molecule has 1 nitrogen and oxygen atoms in total. The monoisotopic (exact) mass is 785 g/mol. The van der Waals surface area contributed by atoms with Crippen LogP contribution >= 0.6 is 0 Å². The van der Waals surface area contributed by atoms with Gasteiger partial charge >= 0.3 is 0 Å². The molecule has 0 atom stereocenters. The Morgan fingerprint density at radius 1 is 0.475 bits per heavy atom. The lowest BCUT2D eigenvalue weighted by atomic mass is 9.70. The average molecular weight is 786 g/mol. The van der Waals surface area contributed by atoms with Gasteiger partial charge < -0.3 is 4.90 Å². The first kappa shape index (κ1) is 39.3. The van der Waals surface area contributed by atoms with Crippen molar-refractivity contribution in [1.82, 2.24) is 0 Å². The summed E-state index contributed by atoms with van der Waals surface area (Å²) < 4.78 is 0. The van der Waals surface area contributed by atoms with Crippen molar-refractivity contribution in [2.45, 2.75) is 39.0 Å². The molecule has 1 heteroatoms. The lowest BCUT2D eigenvalue weighted by Gasteiger charge is -2.32. The maximum Gasteiger partial charge on any atom is 0.0497 e. The van der Waals surface area contributed by atoms with Crippen molar-refractivity contribution in [3.8, 4) is 55.6 Å². The van der Waals surface area contributed by atoms with Crippen molar-refractivity contribution in [3.63, 3.8) is 0 Å². The van der Waals surface area contributed by atoms with E-state index in [1.54, 1.807) is 0 Å². The Kier molecular flexibility index (Phi) is 11.0. The highest BCUT2D eigenvalue weighted by Gasteiger charge is 2.43. The fourth-order valence-corrected chi connectivity index (χ4v) is 9.79. The summed E-state index contributed by atoms with van der Waals surface area (Å²) in [6.07, 6.45) is 8.26. The van der Waals surface area contributed by atoms with E-state index in [-0.39, 0.29) is 5.41 Å². The molecule has 0 aliphatic heterocycles. The molecule has 0 radical (unpaired) electrons. The Bertz CT molecular complexity index is 2860. The maximum atomic E-state index is 4.13. The summed E-state index contributed by atoms with van der Waals surface area (Å²) in [7, 11) is 0. The van der Waals surface area contributed by atoms with Gasteiger partial charge in [0.05, 0.1) is 0 Å². The predicted octanol–water partition coefficient (Wildman–Crippen LogP) is 16.8. The molecule has 0 fully saturated rings. The minimum absolute atomic E-state index is 0.115. The highest BCUT2D eigenvalue weighted by molar-refractivity contribution is 6.00. The first-order valence-corrected chi connectivity index (χ1v) is 21.6. The molecule has 0 spiro atoms. The van der Waals surface area contributed by atoms with Crippen LogP contribution in [0, 0.1) is 0 Å². The quantitative estimate of drug-likeness (QED) is 0.112. The van der Waals surface area contributed by atoms with Crippen LogP contribution in [0.5, 0.6) is 0 Å². The topological polar surface area (TPSA) is 3.24 Å². The molecular weight excluding hydrogens is 735 g/mol. The number of rotatable bonds is 12. The van der Waals surface area contributed by atoms with Gasteiger partial charge in [-0.1, -0.05) is 215 Å². The third-order valence-corrected chi connectivity index (χ3v) is 12.7. The van der Waals surface area contributed by atoms with Gasteiger partial charge in [-0.15, -0.1) is 0 Å². The van der Waals surface area contributed by atoms with E-state index < -0.39 is 0 Å². The Balaban J connectivity index is 1.21. The van der Waals surface area contributed by atoms with Crippen LogP contribution < -0.4 is 4.90 Å². The molecule has 0 amide bonds. The number of hydrogen-bond donors (Lipinski definition) is 0. The van der Waals surface area contributed by atoms with Crippen LogP contribution in [-0.2, 0) is 5.41 Å². The lowest BCUT2D eigenvalue weighted by Crippen LogP contribution is -2.24. The van der Waals surface area contributed by atoms with Crippen molar-refractivity contribution in [2.24, 2.45) is 0 Å². The predicted molar refractivity (Wildman–Crippen MR) is 262 cm³/mol. The summed E-state index contributed by atoms with van der Waals surface area (Å²) in [4.78, 5) is 2.38. The molecule has 1 aliphatic carbocycles. The van der Waals surface area contributed by atoms with Gasteiger partial charge in [0.25, 0.3) is 0 Å². The smallest absolute Gasteiger partial charge is 0.0497 e.